The van der Waals surface area contributed by atoms with Crippen LogP contribution in [-0.2, 0) is 14.3 Å². The summed E-state index contributed by atoms with van der Waals surface area (Å²) in [6.07, 6.45) is -3.13. The monoisotopic (exact) mass is 470 g/mol. The summed E-state index contributed by atoms with van der Waals surface area (Å²) in [4.78, 5) is 37.8. The van der Waals surface area contributed by atoms with Crippen LogP contribution in [0.4, 0.5) is 0 Å². The van der Waals surface area contributed by atoms with Crippen molar-refractivity contribution in [2.75, 3.05) is 13.2 Å². The van der Waals surface area contributed by atoms with Crippen LogP contribution in [0.5, 0.6) is 0 Å². The number of carbonyl (C=O) groups is 1. The first-order chi connectivity index (χ1) is 11.8. The van der Waals surface area contributed by atoms with Crippen molar-refractivity contribution < 1.29 is 29.6 Å². The second kappa shape index (κ2) is 8.40. The number of nitrogens with one attached hydrogen (secondary N) is 1. The van der Waals surface area contributed by atoms with E-state index in [0.717, 1.165) is 10.8 Å². The average molecular weight is 470 g/mol. The number of aliphatic hydroxyl groups is 3. The molecule has 1 aliphatic heterocycles. The minimum atomic E-state index is -1.50. The van der Waals surface area contributed by atoms with Crippen LogP contribution in [0.2, 0.25) is 0 Å². The van der Waals surface area contributed by atoms with E-state index in [4.69, 9.17) is 14.6 Å². The van der Waals surface area contributed by atoms with Gasteiger partial charge in [0.1, 0.15) is 22.4 Å². The van der Waals surface area contributed by atoms with Gasteiger partial charge in [-0.15, -0.1) is 0 Å². The largest absolute Gasteiger partial charge is 0.465 e. The summed E-state index contributed by atoms with van der Waals surface area (Å²) in [6.45, 7) is 1.31. The molecule has 1 aliphatic rings. The van der Waals surface area contributed by atoms with Crippen molar-refractivity contribution in [2.45, 2.75) is 41.8 Å². The summed E-state index contributed by atoms with van der Waals surface area (Å²) in [5.74, 6) is -0.694. The van der Waals surface area contributed by atoms with E-state index >= 15 is 0 Å². The van der Waals surface area contributed by atoms with Crippen LogP contribution in [0, 0.1) is 0 Å². The van der Waals surface area contributed by atoms with Crippen molar-refractivity contribution >= 4 is 28.6 Å². The molecule has 2 rings (SSSR count). The van der Waals surface area contributed by atoms with Crippen LogP contribution >= 0.6 is 22.6 Å². The molecule has 0 saturated carbocycles. The molecular weight excluding hydrogens is 451 g/mol. The number of halogens is 1. The van der Waals surface area contributed by atoms with Crippen LogP contribution < -0.4 is 11.2 Å². The van der Waals surface area contributed by atoms with Crippen molar-refractivity contribution in [1.82, 2.24) is 9.55 Å². The average Bonchev–Trinajstić information content (AvgIpc) is 2.94. The highest BCUT2D eigenvalue weighted by Gasteiger charge is 2.36. The molecule has 1 aromatic rings. The Labute approximate surface area is 155 Å². The Balaban J connectivity index is 2.34. The van der Waals surface area contributed by atoms with Gasteiger partial charge in [-0.2, -0.15) is 0 Å². The van der Waals surface area contributed by atoms with Gasteiger partial charge in [-0.3, -0.25) is 19.1 Å². The third-order valence-corrected chi connectivity index (χ3v) is 4.99. The number of alkyl halides is 1. The summed E-state index contributed by atoms with van der Waals surface area (Å²) < 4.78 is 10.1. The van der Waals surface area contributed by atoms with Crippen molar-refractivity contribution in [2.24, 2.45) is 0 Å². The molecule has 10 nitrogen and oxygen atoms in total. The summed E-state index contributed by atoms with van der Waals surface area (Å²) in [7, 11) is 0. The summed E-state index contributed by atoms with van der Waals surface area (Å²) in [6, 6.07) is 0. The van der Waals surface area contributed by atoms with Crippen LogP contribution in [-0.4, -0.2) is 60.2 Å². The predicted octanol–water partition coefficient (Wildman–Crippen LogP) is -1.42. The van der Waals surface area contributed by atoms with E-state index in [1.54, 1.807) is 29.5 Å². The zero-order chi connectivity index (χ0) is 18.7. The highest BCUT2D eigenvalue weighted by atomic mass is 127. The van der Waals surface area contributed by atoms with Crippen LogP contribution in [0.1, 0.15) is 31.2 Å². The molecular formula is C14H19IN2O8. The van der Waals surface area contributed by atoms with Crippen LogP contribution in [0.25, 0.3) is 0 Å². The van der Waals surface area contributed by atoms with Crippen molar-refractivity contribution in [3.05, 3.63) is 32.6 Å². The molecule has 2 heterocycles. The molecule has 1 aromatic heterocycles. The molecule has 1 saturated heterocycles. The zero-order valence-electron chi connectivity index (χ0n) is 13.3. The minimum Gasteiger partial charge on any atom is -0.465 e. The lowest BCUT2D eigenvalue weighted by Crippen LogP contribution is -2.37. The van der Waals surface area contributed by atoms with Crippen LogP contribution in [0.15, 0.2) is 15.8 Å². The van der Waals surface area contributed by atoms with E-state index in [0.29, 0.717) is 0 Å². The number of hydrogen-bond acceptors (Lipinski definition) is 8. The molecule has 0 radical (unpaired) electrons. The lowest BCUT2D eigenvalue weighted by Gasteiger charge is -2.19. The molecule has 0 aliphatic carbocycles. The lowest BCUT2D eigenvalue weighted by molar-refractivity contribution is -0.144. The molecule has 0 aromatic carbocycles. The fourth-order valence-corrected chi connectivity index (χ4v) is 3.05. The number of rotatable bonds is 6. The summed E-state index contributed by atoms with van der Waals surface area (Å²) >= 11 is 1.65. The number of H-pyrrole nitrogens is 1. The fraction of sp³-hybridized carbons (Fsp3) is 0.643. The van der Waals surface area contributed by atoms with Crippen molar-refractivity contribution in [3.8, 4) is 0 Å². The SMILES string of the molecule is CCOC(=O)C(I)C(O)c1cn([C@@H]2CC(O)[C@H](CO)O2)c(=O)[nH]c1=O. The van der Waals surface area contributed by atoms with Gasteiger partial charge < -0.3 is 24.8 Å². The molecule has 5 atom stereocenters. The number of hydrogen-bond donors (Lipinski definition) is 4. The topological polar surface area (TPSA) is 151 Å². The van der Waals surface area contributed by atoms with E-state index in [1.807, 2.05) is 0 Å². The molecule has 1 fully saturated rings. The number of esters is 1. The van der Waals surface area contributed by atoms with Gasteiger partial charge >= 0.3 is 11.7 Å². The molecule has 11 heteroatoms. The Morgan fingerprint density at radius 2 is 2.24 bits per heavy atom. The summed E-state index contributed by atoms with van der Waals surface area (Å²) in [5, 5.41) is 29.2. The first kappa shape index (κ1) is 20.0. The highest BCUT2D eigenvalue weighted by Crippen LogP contribution is 2.28. The van der Waals surface area contributed by atoms with E-state index in [9.17, 15) is 24.6 Å². The highest BCUT2D eigenvalue weighted by molar-refractivity contribution is 14.1. The van der Waals surface area contributed by atoms with E-state index in [-0.39, 0.29) is 18.6 Å². The molecule has 140 valence electrons. The number of aromatic amines is 1. The third kappa shape index (κ3) is 4.28. The van der Waals surface area contributed by atoms with Gasteiger partial charge in [0.15, 0.2) is 0 Å². The Morgan fingerprint density at radius 1 is 1.56 bits per heavy atom. The first-order valence-corrected chi connectivity index (χ1v) is 8.83. The maximum Gasteiger partial charge on any atom is 0.330 e. The molecule has 3 unspecified atom stereocenters. The number of aliphatic hydroxyl groups excluding tert-OH is 3. The van der Waals surface area contributed by atoms with E-state index in [2.05, 4.69) is 4.98 Å². The molecule has 0 spiro atoms. The number of ether oxygens (including phenoxy) is 2. The second-order valence-corrected chi connectivity index (χ2v) is 6.81. The van der Waals surface area contributed by atoms with Gasteiger partial charge in [0.05, 0.1) is 24.9 Å². The van der Waals surface area contributed by atoms with Gasteiger partial charge in [-0.25, -0.2) is 4.79 Å². The normalized spacial score (nSPS) is 25.6. The Hall–Kier alpha value is -1.28. The Morgan fingerprint density at radius 3 is 2.80 bits per heavy atom. The molecule has 0 amide bonds. The number of carbonyl (C=O) groups excluding carboxylic acids is 1. The fourth-order valence-electron chi connectivity index (χ4n) is 2.48. The number of nitrogens with zero attached hydrogens (tertiary/aromatic N) is 1. The van der Waals surface area contributed by atoms with E-state index in [1.165, 1.54) is 0 Å². The molecule has 25 heavy (non-hydrogen) atoms. The standard InChI is InChI=1S/C14H19IN2O8/c1-2-24-13(22)10(15)11(20)6-4-17(14(23)16-12(6)21)9-3-7(19)8(5-18)25-9/h4,7-11,18-20H,2-3,5H2,1H3,(H,16,21,23)/t7?,8-,9-,10?,11?/m0/s1. The van der Waals surface area contributed by atoms with Gasteiger partial charge in [0.2, 0.25) is 0 Å². The van der Waals surface area contributed by atoms with E-state index < -0.39 is 52.3 Å². The Bertz CT molecular complexity index is 732. The summed E-state index contributed by atoms with van der Waals surface area (Å²) in [5.41, 5.74) is -1.84. The van der Waals surface area contributed by atoms with Gasteiger partial charge in [0, 0.05) is 12.6 Å². The third-order valence-electron chi connectivity index (χ3n) is 3.80. The number of aromatic nitrogens is 2. The quantitative estimate of drug-likeness (QED) is 0.225. The molecule has 4 N–H and O–H groups in total. The van der Waals surface area contributed by atoms with Gasteiger partial charge in [0.25, 0.3) is 5.56 Å². The predicted molar refractivity (Wildman–Crippen MR) is 92.3 cm³/mol. The van der Waals surface area contributed by atoms with Crippen LogP contribution in [0.3, 0.4) is 0 Å². The minimum absolute atomic E-state index is 0.0260. The lowest BCUT2D eigenvalue weighted by atomic mass is 10.1. The van der Waals surface area contributed by atoms with Crippen molar-refractivity contribution in [3.63, 3.8) is 0 Å². The van der Waals surface area contributed by atoms with Gasteiger partial charge in [-0.1, -0.05) is 22.6 Å². The van der Waals surface area contributed by atoms with Gasteiger partial charge in [-0.05, 0) is 6.92 Å². The smallest absolute Gasteiger partial charge is 0.330 e. The zero-order valence-corrected chi connectivity index (χ0v) is 15.5. The maximum absolute atomic E-state index is 12.0. The molecule has 0 bridgehead atoms. The maximum atomic E-state index is 12.0. The van der Waals surface area contributed by atoms with Crippen molar-refractivity contribution in [1.29, 1.82) is 0 Å². The Kier molecular flexibility index (Phi) is 6.73. The first-order valence-electron chi connectivity index (χ1n) is 7.58. The second-order valence-electron chi connectivity index (χ2n) is 5.46.